The van der Waals surface area contributed by atoms with Gasteiger partial charge < -0.3 is 14.7 Å². The summed E-state index contributed by atoms with van der Waals surface area (Å²) in [4.78, 5) is 7.36. The molecule has 3 nitrogen and oxygen atoms in total. The number of hydrogen-bond donors (Lipinski definition) is 0. The summed E-state index contributed by atoms with van der Waals surface area (Å²) in [6, 6.07) is 51.7. The minimum absolute atomic E-state index is 0.00481. The van der Waals surface area contributed by atoms with Gasteiger partial charge in [0.1, 0.15) is 5.82 Å². The zero-order valence-electron chi connectivity index (χ0n) is 46.3. The fourth-order valence-corrected chi connectivity index (χ4v) is 14.4. The van der Waals surface area contributed by atoms with Crippen LogP contribution in [0.25, 0.3) is 10.1 Å². The van der Waals surface area contributed by atoms with Crippen molar-refractivity contribution in [2.45, 2.75) is 155 Å². The van der Waals surface area contributed by atoms with Crippen molar-refractivity contribution in [3.8, 4) is 0 Å². The van der Waals surface area contributed by atoms with Gasteiger partial charge in [0.15, 0.2) is 0 Å². The second-order valence-electron chi connectivity index (χ2n) is 26.9. The van der Waals surface area contributed by atoms with Crippen molar-refractivity contribution >= 4 is 95.0 Å². The summed E-state index contributed by atoms with van der Waals surface area (Å²) in [7, 11) is 0. The topological polar surface area (TPSA) is 9.72 Å². The molecule has 2 aliphatic carbocycles. The van der Waals surface area contributed by atoms with Crippen LogP contribution in [0.2, 0.25) is 0 Å². The van der Waals surface area contributed by atoms with E-state index in [0.717, 1.165) is 59.8 Å². The molecule has 8 aromatic rings. The van der Waals surface area contributed by atoms with Crippen molar-refractivity contribution < 1.29 is 4.39 Å². The second kappa shape index (κ2) is 16.4. The maximum atomic E-state index is 16.8. The van der Waals surface area contributed by atoms with Crippen LogP contribution in [0.4, 0.5) is 55.6 Å². The molecule has 0 spiro atoms. The average molecular weight is 994 g/mol. The molecule has 0 bridgehead atoms. The van der Waals surface area contributed by atoms with Gasteiger partial charge in [-0.15, -0.1) is 11.3 Å². The molecular weight excluding hydrogens is 921 g/mol. The Morgan fingerprint density at radius 1 is 0.500 bits per heavy atom. The summed E-state index contributed by atoms with van der Waals surface area (Å²) in [5, 5.41) is 1.27. The van der Waals surface area contributed by atoms with Crippen LogP contribution in [0.3, 0.4) is 0 Å². The monoisotopic (exact) mass is 994 g/mol. The number of rotatable bonds is 5. The maximum Gasteiger partial charge on any atom is 0.264 e. The molecule has 3 heterocycles. The highest BCUT2D eigenvalue weighted by molar-refractivity contribution is 7.33. The predicted molar refractivity (Wildman–Crippen MR) is 318 cm³/mol. The van der Waals surface area contributed by atoms with Gasteiger partial charge in [0.2, 0.25) is 0 Å². The SMILES string of the molecule is CC(C)(C)c1ccc(N2c3cc(N(c4ccccc4)c4ccccc4F)cc4c3B(c3cc5c(cc3N4c3ccc4c(c3)C(C)(C)CCC4(C)C)C(C)(C)CCC5(C)C)c3sc4ccc(C(C)(C)C)cc4c32)cc1. The molecule has 376 valence electrons. The van der Waals surface area contributed by atoms with E-state index in [0.29, 0.717) is 5.69 Å². The van der Waals surface area contributed by atoms with E-state index in [1.165, 1.54) is 70.5 Å². The number of hydrogen-bond acceptors (Lipinski definition) is 4. The summed E-state index contributed by atoms with van der Waals surface area (Å²) in [6.07, 6.45) is 4.53. The lowest BCUT2D eigenvalue weighted by Crippen LogP contribution is -2.61. The van der Waals surface area contributed by atoms with E-state index in [4.69, 9.17) is 0 Å². The first kappa shape index (κ1) is 48.8. The van der Waals surface area contributed by atoms with Crippen LogP contribution in [0.5, 0.6) is 0 Å². The summed E-state index contributed by atoms with van der Waals surface area (Å²) in [5.74, 6) is -0.269. The van der Waals surface area contributed by atoms with Crippen molar-refractivity contribution in [3.05, 3.63) is 179 Å². The first-order valence-electron chi connectivity index (χ1n) is 27.2. The molecule has 4 aliphatic rings. The molecule has 7 aromatic carbocycles. The number of anilines is 9. The first-order valence-corrected chi connectivity index (χ1v) is 28.1. The number of para-hydroxylation sites is 2. The molecule has 0 saturated carbocycles. The third-order valence-corrected chi connectivity index (χ3v) is 19.2. The minimum atomic E-state index is -0.269. The van der Waals surface area contributed by atoms with Crippen molar-refractivity contribution in [1.82, 2.24) is 0 Å². The second-order valence-corrected chi connectivity index (χ2v) is 28.0. The van der Waals surface area contributed by atoms with Gasteiger partial charge in [-0.25, -0.2) is 4.39 Å². The van der Waals surface area contributed by atoms with Crippen LogP contribution in [0.1, 0.15) is 156 Å². The molecule has 6 heteroatoms. The van der Waals surface area contributed by atoms with E-state index in [1.807, 2.05) is 29.5 Å². The van der Waals surface area contributed by atoms with E-state index in [-0.39, 0.29) is 45.0 Å². The van der Waals surface area contributed by atoms with Gasteiger partial charge in [-0.3, -0.25) is 0 Å². The van der Waals surface area contributed by atoms with E-state index in [1.54, 1.807) is 12.1 Å². The number of fused-ring (bicyclic) bond motifs is 8. The van der Waals surface area contributed by atoms with E-state index in [9.17, 15) is 0 Å². The van der Waals surface area contributed by atoms with Crippen LogP contribution < -0.4 is 30.4 Å². The summed E-state index contributed by atoms with van der Waals surface area (Å²) >= 11 is 1.97. The van der Waals surface area contributed by atoms with Crippen molar-refractivity contribution in [2.24, 2.45) is 0 Å². The first-order chi connectivity index (χ1) is 34.8. The van der Waals surface area contributed by atoms with Crippen molar-refractivity contribution in [3.63, 3.8) is 0 Å². The summed E-state index contributed by atoms with van der Waals surface area (Å²) < 4.78 is 19.5. The van der Waals surface area contributed by atoms with E-state index < -0.39 is 0 Å². The average Bonchev–Trinajstić information content (AvgIpc) is 3.74. The Morgan fingerprint density at radius 3 is 1.66 bits per heavy atom. The molecule has 12 rings (SSSR count). The fraction of sp³-hybridized carbons (Fsp3) is 0.353. The van der Waals surface area contributed by atoms with Gasteiger partial charge in [0.05, 0.1) is 17.1 Å². The highest BCUT2D eigenvalue weighted by Crippen LogP contribution is 2.55. The smallest absolute Gasteiger partial charge is 0.264 e. The Labute approximate surface area is 445 Å². The highest BCUT2D eigenvalue weighted by atomic mass is 32.1. The molecule has 0 saturated heterocycles. The van der Waals surface area contributed by atoms with Gasteiger partial charge >= 0.3 is 0 Å². The fourth-order valence-electron chi connectivity index (χ4n) is 13.1. The van der Waals surface area contributed by atoms with Crippen LogP contribution >= 0.6 is 11.3 Å². The van der Waals surface area contributed by atoms with Gasteiger partial charge in [-0.1, -0.05) is 158 Å². The quantitative estimate of drug-likeness (QED) is 0.159. The molecule has 0 unspecified atom stereocenters. The number of halogens is 1. The molecule has 74 heavy (non-hydrogen) atoms. The molecule has 0 N–H and O–H groups in total. The third-order valence-electron chi connectivity index (χ3n) is 17.9. The Bertz CT molecular complexity index is 3570. The molecule has 1 aromatic heterocycles. The molecule has 0 radical (unpaired) electrons. The normalized spacial score (nSPS) is 17.8. The lowest BCUT2D eigenvalue weighted by Gasteiger charge is -2.48. The molecule has 0 amide bonds. The lowest BCUT2D eigenvalue weighted by molar-refractivity contribution is 0.332. The minimum Gasteiger partial charge on any atom is -0.311 e. The number of benzene rings is 7. The molecule has 0 fully saturated rings. The van der Waals surface area contributed by atoms with Crippen LogP contribution in [0.15, 0.2) is 140 Å². The Balaban J connectivity index is 1.26. The van der Waals surface area contributed by atoms with E-state index in [2.05, 4.69) is 221 Å². The Morgan fingerprint density at radius 2 is 1.04 bits per heavy atom. The van der Waals surface area contributed by atoms with Crippen LogP contribution in [-0.4, -0.2) is 6.71 Å². The lowest BCUT2D eigenvalue weighted by atomic mass is 9.35. The van der Waals surface area contributed by atoms with Gasteiger partial charge in [-0.05, 0) is 181 Å². The summed E-state index contributed by atoms with van der Waals surface area (Å²) in [6.45, 7) is 33.4. The third kappa shape index (κ3) is 7.62. The van der Waals surface area contributed by atoms with E-state index >= 15 is 4.39 Å². The molecular formula is C68H73BFN3S. The Kier molecular flexibility index (Phi) is 10.8. The number of thiophene rings is 1. The van der Waals surface area contributed by atoms with Crippen molar-refractivity contribution in [2.75, 3.05) is 14.7 Å². The van der Waals surface area contributed by atoms with Gasteiger partial charge in [0.25, 0.3) is 6.71 Å². The predicted octanol–water partition coefficient (Wildman–Crippen LogP) is 17.9. The van der Waals surface area contributed by atoms with Crippen molar-refractivity contribution in [1.29, 1.82) is 0 Å². The Hall–Kier alpha value is -6.11. The highest BCUT2D eigenvalue weighted by Gasteiger charge is 2.49. The zero-order valence-corrected chi connectivity index (χ0v) is 47.1. The van der Waals surface area contributed by atoms with Crippen LogP contribution in [-0.2, 0) is 32.5 Å². The number of nitrogens with zero attached hydrogens (tertiary/aromatic N) is 3. The molecule has 0 atom stereocenters. The molecule has 2 aliphatic heterocycles. The standard InChI is InChI=1S/C68H73BFN3S/c1-63(2,3)42-24-27-45(28-25-42)73-58-39-47(71(44-20-16-15-17-21-44)55-23-19-18-22-54(55)70)38-57-60(58)69(62-61(73)48-36-43(64(4,5)6)26-31-59(48)74-62)53-40-51-52(68(13,14)35-34-67(51,11)12)41-56(53)72(57)46-29-30-49-50(37-46)66(9,10)33-32-65(49,7)8/h15-31,36-41H,32-35H2,1-14H3. The van der Waals surface area contributed by atoms with Gasteiger partial charge in [0, 0.05) is 49.0 Å². The largest absolute Gasteiger partial charge is 0.311 e. The zero-order chi connectivity index (χ0) is 52.2. The van der Waals surface area contributed by atoms with Gasteiger partial charge in [-0.2, -0.15) is 0 Å². The maximum absolute atomic E-state index is 16.8. The van der Waals surface area contributed by atoms with Crippen LogP contribution in [0, 0.1) is 5.82 Å². The summed E-state index contributed by atoms with van der Waals surface area (Å²) in [5.41, 5.74) is 20.3.